The summed E-state index contributed by atoms with van der Waals surface area (Å²) < 4.78 is 3.40. The van der Waals surface area contributed by atoms with Crippen molar-refractivity contribution in [2.45, 2.75) is 6.92 Å². The Bertz CT molecular complexity index is 194. The van der Waals surface area contributed by atoms with Gasteiger partial charge in [-0.15, -0.1) is 0 Å². The van der Waals surface area contributed by atoms with E-state index in [0.29, 0.717) is 0 Å². The zero-order chi connectivity index (χ0) is 8.53. The summed E-state index contributed by atoms with van der Waals surface area (Å²) in [5, 5.41) is 2.98. The minimum atomic E-state index is 0.00201. The van der Waals surface area contributed by atoms with Gasteiger partial charge in [0.25, 0.3) is 0 Å². The molecule has 2 nitrogen and oxygen atoms in total. The van der Waals surface area contributed by atoms with Gasteiger partial charge in [-0.25, -0.2) is 0 Å². The van der Waals surface area contributed by atoms with Gasteiger partial charge in [-0.2, -0.15) is 0 Å². The van der Waals surface area contributed by atoms with E-state index in [2.05, 4.69) is 16.4 Å². The van der Waals surface area contributed by atoms with E-state index >= 15 is 0 Å². The summed E-state index contributed by atoms with van der Waals surface area (Å²) in [4.78, 5) is 9.87. The van der Waals surface area contributed by atoms with Crippen molar-refractivity contribution >= 4 is 31.2 Å². The minimum Gasteiger partial charge on any atom is -0.299 e. The molecule has 0 rings (SSSR count). The molecule has 0 aromatic carbocycles. The standard InChI is InChI=1S/C8H12INO/c1-8(9-7-10-2)5-3-4-6-11/h3-7,10H,1-2H3/b4-3+,8-5-. The van der Waals surface area contributed by atoms with Gasteiger partial charge in [-0.1, -0.05) is 32.9 Å². The van der Waals surface area contributed by atoms with Gasteiger partial charge in [0, 0.05) is 4.14 Å². The number of carbonyl (C=O) groups is 1. The highest BCUT2D eigenvalue weighted by Gasteiger charge is 1.76. The van der Waals surface area contributed by atoms with Crippen LogP contribution in [-0.4, -0.2) is 17.5 Å². The number of hydrogen-bond donors (Lipinski definition) is 1. The number of rotatable bonds is 4. The van der Waals surface area contributed by atoms with Gasteiger partial charge in [0.2, 0.25) is 0 Å². The molecule has 0 aromatic heterocycles. The summed E-state index contributed by atoms with van der Waals surface area (Å²) >= 11 is 0.00201. The number of halogens is 1. The molecule has 3 heteroatoms. The zero-order valence-corrected chi connectivity index (χ0v) is 8.83. The molecule has 0 aliphatic rings. The Kier molecular flexibility index (Phi) is 7.61. The highest BCUT2D eigenvalue weighted by atomic mass is 127. The second kappa shape index (κ2) is 7.81. The molecular weight excluding hydrogens is 253 g/mol. The highest BCUT2D eigenvalue weighted by molar-refractivity contribution is 14.2. The fourth-order valence-electron chi connectivity index (χ4n) is 0.410. The Balaban J connectivity index is 3.89. The zero-order valence-electron chi connectivity index (χ0n) is 6.67. The molecule has 0 amide bonds. The summed E-state index contributed by atoms with van der Waals surface area (Å²) in [6, 6.07) is 0. The summed E-state index contributed by atoms with van der Waals surface area (Å²) in [5.41, 5.74) is 0. The number of aldehydes is 1. The predicted molar refractivity (Wildman–Crippen MR) is 58.1 cm³/mol. The van der Waals surface area contributed by atoms with Gasteiger partial charge in [0.1, 0.15) is 6.29 Å². The summed E-state index contributed by atoms with van der Waals surface area (Å²) in [5.74, 6) is 0. The minimum absolute atomic E-state index is 0.00201. The van der Waals surface area contributed by atoms with Crippen molar-refractivity contribution in [2.75, 3.05) is 7.05 Å². The fraction of sp³-hybridized carbons (Fsp3) is 0.250. The molecule has 0 radical (unpaired) electrons. The summed E-state index contributed by atoms with van der Waals surface area (Å²) in [6.45, 7) is 2.07. The van der Waals surface area contributed by atoms with Crippen LogP contribution in [0.4, 0.5) is 0 Å². The average molecular weight is 265 g/mol. The van der Waals surface area contributed by atoms with Gasteiger partial charge >= 0.3 is 0 Å². The number of carbonyl (C=O) groups excluding carboxylic acids is 1. The van der Waals surface area contributed by atoms with Crippen molar-refractivity contribution in [2.24, 2.45) is 0 Å². The second-order valence-electron chi connectivity index (χ2n) is 1.78. The molecule has 62 valence electrons. The van der Waals surface area contributed by atoms with E-state index in [0.717, 1.165) is 6.29 Å². The smallest absolute Gasteiger partial charge is 0.142 e. The van der Waals surface area contributed by atoms with E-state index in [-0.39, 0.29) is 20.7 Å². The molecule has 0 atom stereocenters. The van der Waals surface area contributed by atoms with Crippen LogP contribution in [0.5, 0.6) is 0 Å². The third kappa shape index (κ3) is 7.61. The molecule has 11 heavy (non-hydrogen) atoms. The first-order chi connectivity index (χ1) is 5.31. The van der Waals surface area contributed by atoms with Crippen molar-refractivity contribution in [3.63, 3.8) is 0 Å². The maximum Gasteiger partial charge on any atom is 0.142 e. The first kappa shape index (κ1) is 10.7. The Morgan fingerprint density at radius 3 is 2.73 bits per heavy atom. The molecule has 0 fully saturated rings. The lowest BCUT2D eigenvalue weighted by atomic mass is 10.5. The Morgan fingerprint density at radius 1 is 1.45 bits per heavy atom. The predicted octanol–water partition coefficient (Wildman–Crippen LogP) is 1.60. The lowest BCUT2D eigenvalue weighted by Gasteiger charge is -1.85. The van der Waals surface area contributed by atoms with E-state index in [4.69, 9.17) is 0 Å². The topological polar surface area (TPSA) is 29.1 Å². The molecule has 0 saturated heterocycles. The van der Waals surface area contributed by atoms with Crippen LogP contribution in [0.15, 0.2) is 21.8 Å². The van der Waals surface area contributed by atoms with Gasteiger partial charge < -0.3 is 0 Å². The first-order valence-corrected chi connectivity index (χ1v) is 5.54. The van der Waals surface area contributed by atoms with Crippen LogP contribution in [-0.2, 0) is 4.79 Å². The fourth-order valence-corrected chi connectivity index (χ4v) is 1.63. The normalized spacial score (nSPS) is 13.8. The molecule has 0 aliphatic heterocycles. The van der Waals surface area contributed by atoms with Crippen LogP contribution in [0, 0.1) is 0 Å². The van der Waals surface area contributed by atoms with Crippen LogP contribution in [0.25, 0.3) is 0 Å². The molecule has 0 heterocycles. The maximum atomic E-state index is 9.87. The Morgan fingerprint density at radius 2 is 2.18 bits per heavy atom. The summed E-state index contributed by atoms with van der Waals surface area (Å²) in [6.07, 6.45) is 6.01. The molecule has 1 N–H and O–H groups in total. The van der Waals surface area contributed by atoms with Crippen LogP contribution in [0.3, 0.4) is 0 Å². The van der Waals surface area contributed by atoms with Crippen LogP contribution in [0.1, 0.15) is 6.92 Å². The molecule has 0 aromatic rings. The van der Waals surface area contributed by atoms with E-state index in [9.17, 15) is 4.79 Å². The lowest BCUT2D eigenvalue weighted by Crippen LogP contribution is -1.97. The van der Waals surface area contributed by atoms with Gasteiger partial charge in [-0.3, -0.25) is 10.1 Å². The van der Waals surface area contributed by atoms with Crippen molar-refractivity contribution in [1.82, 2.24) is 5.32 Å². The van der Waals surface area contributed by atoms with E-state index in [1.807, 2.05) is 13.1 Å². The highest BCUT2D eigenvalue weighted by Crippen LogP contribution is 2.10. The third-order valence-corrected chi connectivity index (χ3v) is 3.13. The monoisotopic (exact) mass is 265 g/mol. The second-order valence-corrected chi connectivity index (χ2v) is 4.73. The van der Waals surface area contributed by atoms with Crippen molar-refractivity contribution in [3.8, 4) is 0 Å². The molecule has 0 saturated carbocycles. The quantitative estimate of drug-likeness (QED) is 0.362. The van der Waals surface area contributed by atoms with Crippen LogP contribution >= 0.6 is 20.7 Å². The van der Waals surface area contributed by atoms with Crippen molar-refractivity contribution in [3.05, 3.63) is 21.8 Å². The maximum absolute atomic E-state index is 9.87. The number of hydrogen-bond acceptors (Lipinski definition) is 2. The number of allylic oxidation sites excluding steroid dienone is 4. The Labute approximate surface area is 77.1 Å². The van der Waals surface area contributed by atoms with Crippen molar-refractivity contribution in [1.29, 1.82) is 0 Å². The molecule has 0 aliphatic carbocycles. The van der Waals surface area contributed by atoms with Gasteiger partial charge in [0.05, 0.1) is 0 Å². The van der Waals surface area contributed by atoms with Crippen LogP contribution in [0.2, 0.25) is 0 Å². The largest absolute Gasteiger partial charge is 0.299 e. The third-order valence-electron chi connectivity index (χ3n) is 0.851. The van der Waals surface area contributed by atoms with E-state index in [1.54, 1.807) is 6.08 Å². The van der Waals surface area contributed by atoms with Crippen LogP contribution < -0.4 is 5.32 Å². The van der Waals surface area contributed by atoms with E-state index in [1.165, 1.54) is 9.66 Å². The average Bonchev–Trinajstić information content (AvgIpc) is 2.01. The number of nitrogens with one attached hydrogen (secondary N) is 1. The molecular formula is C8H12INO. The van der Waals surface area contributed by atoms with E-state index < -0.39 is 0 Å². The van der Waals surface area contributed by atoms with Crippen molar-refractivity contribution < 1.29 is 4.79 Å². The molecule has 0 unspecified atom stereocenters. The summed E-state index contributed by atoms with van der Waals surface area (Å²) in [7, 11) is 1.90. The SMILES string of the molecule is CNC=I/C(C)=C\C=C\C=O. The molecule has 0 spiro atoms. The van der Waals surface area contributed by atoms with Gasteiger partial charge in [0.15, 0.2) is 0 Å². The lowest BCUT2D eigenvalue weighted by molar-refractivity contribution is -0.104. The molecule has 0 bridgehead atoms. The Hall–Kier alpha value is -0.290. The van der Waals surface area contributed by atoms with Gasteiger partial charge in [-0.05, 0) is 23.6 Å². The first-order valence-electron chi connectivity index (χ1n) is 3.22.